The topological polar surface area (TPSA) is 9.23 Å². The normalized spacial score (nSPS) is 12.7. The van der Waals surface area contributed by atoms with Crippen molar-refractivity contribution >= 4 is 30.3 Å². The van der Waals surface area contributed by atoms with Crippen molar-refractivity contribution in [2.75, 3.05) is 0 Å². The molecule has 0 aliphatic rings. The van der Waals surface area contributed by atoms with E-state index in [0.29, 0.717) is 0 Å². The molecule has 0 atom stereocenters. The van der Waals surface area contributed by atoms with Gasteiger partial charge in [-0.1, -0.05) is 0 Å². The van der Waals surface area contributed by atoms with Crippen LogP contribution in [0.3, 0.4) is 0 Å². The van der Waals surface area contributed by atoms with Gasteiger partial charge >= 0.3 is 104 Å². The van der Waals surface area contributed by atoms with Crippen LogP contribution in [-0.4, -0.2) is 26.0 Å². The minimum atomic E-state index is -1.67. The molecule has 1 aromatic rings. The van der Waals surface area contributed by atoms with Crippen LogP contribution in [0.15, 0.2) is 24.3 Å². The summed E-state index contributed by atoms with van der Waals surface area (Å²) in [6, 6.07) is 8.31. The first-order chi connectivity index (χ1) is 6.72. The monoisotopic (exact) mass is 214 g/mol. The third-order valence-electron chi connectivity index (χ3n) is 3.17. The molecule has 0 amide bonds. The van der Waals surface area contributed by atoms with E-state index in [1.54, 1.807) is 0 Å². The zero-order valence-corrected chi connectivity index (χ0v) is 11.7. The molecule has 0 unspecified atom stereocenters. The summed E-state index contributed by atoms with van der Waals surface area (Å²) in [5, 5.41) is 0.261. The van der Waals surface area contributed by atoms with Crippen molar-refractivity contribution in [1.82, 2.24) is 0 Å². The standard InChI is InChI=1S/C12H19OSi.Li/c1-12(2,3)14(4,5)13-11-9-7-6-8-10-11;/h6-7,9-10H,1-5H3;. The van der Waals surface area contributed by atoms with E-state index in [1.807, 2.05) is 6.07 Å². The summed E-state index contributed by atoms with van der Waals surface area (Å²) in [5.74, 6) is 1.02. The molecule has 0 saturated carbocycles. The van der Waals surface area contributed by atoms with Crippen LogP contribution in [0.2, 0.25) is 18.1 Å². The first kappa shape index (κ1) is 12.9. The quantitative estimate of drug-likeness (QED) is 0.688. The van der Waals surface area contributed by atoms with Gasteiger partial charge in [-0.2, -0.15) is 0 Å². The van der Waals surface area contributed by atoms with Crippen LogP contribution in [0.4, 0.5) is 0 Å². The molecule has 78 valence electrons. The molecule has 0 aromatic heterocycles. The van der Waals surface area contributed by atoms with Crippen molar-refractivity contribution in [3.8, 4) is 5.75 Å². The molecular weight excluding hydrogens is 195 g/mol. The number of rotatable bonds is 2. The molecule has 0 aliphatic carbocycles. The van der Waals surface area contributed by atoms with E-state index in [2.05, 4.69) is 69.8 Å². The molecule has 0 bridgehead atoms. The summed E-state index contributed by atoms with van der Waals surface area (Å²) in [7, 11) is -1.67. The summed E-state index contributed by atoms with van der Waals surface area (Å²) in [6.45, 7) is 11.3. The van der Waals surface area contributed by atoms with Gasteiger partial charge in [-0.05, 0) is 0 Å². The van der Waals surface area contributed by atoms with Gasteiger partial charge in [0.25, 0.3) is 0 Å². The molecule has 0 fully saturated rings. The fraction of sp³-hybridized carbons (Fsp3) is 0.500. The molecular formula is C12H19LiOSi. The number of benzene rings is 1. The van der Waals surface area contributed by atoms with Crippen molar-refractivity contribution in [2.24, 2.45) is 0 Å². The van der Waals surface area contributed by atoms with Gasteiger partial charge in [0.2, 0.25) is 0 Å². The van der Waals surface area contributed by atoms with Crippen molar-refractivity contribution < 1.29 is 4.43 Å². The summed E-state index contributed by atoms with van der Waals surface area (Å²) >= 11 is 2.10. The van der Waals surface area contributed by atoms with Crippen LogP contribution in [0.25, 0.3) is 0 Å². The Morgan fingerprint density at radius 3 is 2.27 bits per heavy atom. The predicted molar refractivity (Wildman–Crippen MR) is 69.7 cm³/mol. The Kier molecular flexibility index (Phi) is 3.76. The molecule has 0 spiro atoms. The van der Waals surface area contributed by atoms with Gasteiger partial charge in [-0.15, -0.1) is 0 Å². The SMILES string of the molecule is [Li][c]1cccc(O[Si](C)(C)C(C)(C)C)c1. The summed E-state index contributed by atoms with van der Waals surface area (Å²) in [4.78, 5) is 0. The summed E-state index contributed by atoms with van der Waals surface area (Å²) in [6.07, 6.45) is 0. The fourth-order valence-electron chi connectivity index (χ4n) is 1.13. The number of hydrogen-bond acceptors (Lipinski definition) is 1. The summed E-state index contributed by atoms with van der Waals surface area (Å²) < 4.78 is 7.44. The Balaban J connectivity index is 2.87. The van der Waals surface area contributed by atoms with E-state index in [9.17, 15) is 0 Å². The third-order valence-corrected chi connectivity index (χ3v) is 7.53. The van der Waals surface area contributed by atoms with E-state index in [1.165, 1.54) is 4.24 Å². The second-order valence-corrected chi connectivity index (χ2v) is 10.4. The molecule has 0 heterocycles. The maximum atomic E-state index is 6.19. The van der Waals surface area contributed by atoms with E-state index >= 15 is 0 Å². The third kappa shape index (κ3) is 3.41. The van der Waals surface area contributed by atoms with Gasteiger partial charge in [-0.25, -0.2) is 0 Å². The Morgan fingerprint density at radius 2 is 1.80 bits per heavy atom. The van der Waals surface area contributed by atoms with Crippen molar-refractivity contribution in [3.63, 3.8) is 0 Å². The van der Waals surface area contributed by atoms with Crippen LogP contribution in [0.1, 0.15) is 20.8 Å². The van der Waals surface area contributed by atoms with Crippen molar-refractivity contribution in [2.45, 2.75) is 38.9 Å². The zero-order valence-electron chi connectivity index (χ0n) is 10.7. The Labute approximate surface area is 104 Å². The van der Waals surface area contributed by atoms with Crippen molar-refractivity contribution in [1.29, 1.82) is 0 Å². The fourth-order valence-corrected chi connectivity index (χ4v) is 2.15. The van der Waals surface area contributed by atoms with Gasteiger partial charge in [0.05, 0.1) is 0 Å². The Bertz CT molecular complexity index is 342. The average Bonchev–Trinajstić information content (AvgIpc) is 2.00. The molecule has 0 aliphatic heterocycles. The Morgan fingerprint density at radius 1 is 1.20 bits per heavy atom. The van der Waals surface area contributed by atoms with E-state index in [-0.39, 0.29) is 5.04 Å². The molecule has 0 N–H and O–H groups in total. The van der Waals surface area contributed by atoms with Crippen LogP contribution in [-0.2, 0) is 0 Å². The zero-order chi connectivity index (χ0) is 11.7. The molecule has 3 heteroatoms. The predicted octanol–water partition coefficient (Wildman–Crippen LogP) is 2.86. The first-order valence-electron chi connectivity index (χ1n) is 5.48. The van der Waals surface area contributed by atoms with Crippen LogP contribution >= 0.6 is 0 Å². The molecule has 1 nitrogen and oxygen atoms in total. The summed E-state index contributed by atoms with van der Waals surface area (Å²) in [5.41, 5.74) is 0. The van der Waals surface area contributed by atoms with E-state index < -0.39 is 8.32 Å². The van der Waals surface area contributed by atoms with Crippen LogP contribution in [0, 0.1) is 0 Å². The Hall–Kier alpha value is -0.166. The molecule has 1 rings (SSSR count). The molecule has 0 saturated heterocycles. The second kappa shape index (κ2) is 4.37. The average molecular weight is 214 g/mol. The van der Waals surface area contributed by atoms with E-state index in [4.69, 9.17) is 4.43 Å². The van der Waals surface area contributed by atoms with Crippen LogP contribution in [0.5, 0.6) is 5.75 Å². The van der Waals surface area contributed by atoms with Gasteiger partial charge in [0.1, 0.15) is 0 Å². The second-order valence-electron chi connectivity index (χ2n) is 5.68. The van der Waals surface area contributed by atoms with Gasteiger partial charge in [-0.3, -0.25) is 0 Å². The minimum absolute atomic E-state index is 0.261. The van der Waals surface area contributed by atoms with Gasteiger partial charge in [0.15, 0.2) is 0 Å². The molecule has 0 radical (unpaired) electrons. The van der Waals surface area contributed by atoms with Gasteiger partial charge < -0.3 is 0 Å². The van der Waals surface area contributed by atoms with E-state index in [0.717, 1.165) is 5.75 Å². The van der Waals surface area contributed by atoms with Gasteiger partial charge in [0, 0.05) is 0 Å². The van der Waals surface area contributed by atoms with Crippen molar-refractivity contribution in [3.05, 3.63) is 24.3 Å². The maximum absolute atomic E-state index is 6.19. The first-order valence-corrected chi connectivity index (χ1v) is 8.39. The molecule has 15 heavy (non-hydrogen) atoms. The van der Waals surface area contributed by atoms with Crippen LogP contribution < -0.4 is 8.66 Å². The number of hydrogen-bond donors (Lipinski definition) is 0. The molecule has 1 aromatic carbocycles.